The maximum atomic E-state index is 12.3. The highest BCUT2D eigenvalue weighted by atomic mass is 32.2. The Morgan fingerprint density at radius 3 is 2.93 bits per heavy atom. The first kappa shape index (κ1) is 20.1. The Labute approximate surface area is 171 Å². The summed E-state index contributed by atoms with van der Waals surface area (Å²) in [6.07, 6.45) is 3.89. The van der Waals surface area contributed by atoms with Gasteiger partial charge in [0.15, 0.2) is 15.8 Å². The van der Waals surface area contributed by atoms with E-state index in [9.17, 15) is 4.79 Å². The fraction of sp³-hybridized carbons (Fsp3) is 0.263. The van der Waals surface area contributed by atoms with E-state index in [1.165, 1.54) is 23.1 Å². The number of ether oxygens (including phenoxy) is 1. The van der Waals surface area contributed by atoms with Gasteiger partial charge in [0.05, 0.1) is 6.61 Å². The molecule has 1 aromatic carbocycles. The van der Waals surface area contributed by atoms with Crippen LogP contribution in [0.1, 0.15) is 30.3 Å². The van der Waals surface area contributed by atoms with E-state index in [0.29, 0.717) is 17.5 Å². The Balaban J connectivity index is 1.60. The van der Waals surface area contributed by atoms with Gasteiger partial charge in [-0.3, -0.25) is 10.1 Å². The number of aromatic nitrogens is 3. The smallest absolute Gasteiger partial charge is 0.279 e. The predicted octanol–water partition coefficient (Wildman–Crippen LogP) is 4.90. The standard InChI is InChI=1S/C19H20N4O3S2/c1-3-5-10-25-14-8-6-13(7-9-14)16-12-15(23-26-16)17(24)20-18-21-22-19(28-18)27-11-4-2/h4,6-9,12H,2-3,5,10-11H2,1H3,(H,20,21,24). The van der Waals surface area contributed by atoms with E-state index in [1.54, 1.807) is 12.1 Å². The van der Waals surface area contributed by atoms with E-state index in [-0.39, 0.29) is 5.69 Å². The van der Waals surface area contributed by atoms with Crippen LogP contribution in [0.15, 0.2) is 51.8 Å². The molecule has 3 aromatic rings. The fourth-order valence-electron chi connectivity index (χ4n) is 2.18. The molecule has 0 unspecified atom stereocenters. The van der Waals surface area contributed by atoms with Crippen molar-refractivity contribution in [3.05, 3.63) is 48.7 Å². The minimum absolute atomic E-state index is 0.175. The largest absolute Gasteiger partial charge is 0.494 e. The first-order valence-corrected chi connectivity index (χ1v) is 10.6. The molecule has 0 fully saturated rings. The van der Waals surface area contributed by atoms with Crippen LogP contribution in [0.5, 0.6) is 5.75 Å². The van der Waals surface area contributed by atoms with Crippen molar-refractivity contribution in [2.24, 2.45) is 0 Å². The van der Waals surface area contributed by atoms with Crippen molar-refractivity contribution in [3.63, 3.8) is 0 Å². The van der Waals surface area contributed by atoms with Crippen LogP contribution >= 0.6 is 23.1 Å². The number of amides is 1. The summed E-state index contributed by atoms with van der Waals surface area (Å²) in [5.74, 6) is 1.64. The van der Waals surface area contributed by atoms with Crippen molar-refractivity contribution in [2.45, 2.75) is 24.1 Å². The third kappa shape index (κ3) is 5.43. The quantitative estimate of drug-likeness (QED) is 0.217. The molecule has 2 aromatic heterocycles. The summed E-state index contributed by atoms with van der Waals surface area (Å²) < 4.78 is 11.7. The summed E-state index contributed by atoms with van der Waals surface area (Å²) in [4.78, 5) is 12.3. The molecule has 2 heterocycles. The Morgan fingerprint density at radius 1 is 1.36 bits per heavy atom. The molecular weight excluding hydrogens is 396 g/mol. The van der Waals surface area contributed by atoms with Gasteiger partial charge in [0.1, 0.15) is 5.75 Å². The van der Waals surface area contributed by atoms with Gasteiger partial charge in [-0.2, -0.15) is 0 Å². The molecule has 0 bridgehead atoms. The highest BCUT2D eigenvalue weighted by molar-refractivity contribution is 8.01. The third-order valence-corrected chi connectivity index (χ3v) is 5.57. The van der Waals surface area contributed by atoms with Crippen LogP contribution in [-0.2, 0) is 0 Å². The molecule has 28 heavy (non-hydrogen) atoms. The second kappa shape index (κ2) is 10.0. The second-order valence-corrected chi connectivity index (χ2v) is 7.97. The molecule has 0 atom stereocenters. The number of unbranched alkanes of at least 4 members (excludes halogenated alkanes) is 1. The molecule has 146 valence electrons. The van der Waals surface area contributed by atoms with Crippen molar-refractivity contribution < 1.29 is 14.1 Å². The van der Waals surface area contributed by atoms with Crippen molar-refractivity contribution in [3.8, 4) is 17.1 Å². The molecule has 0 spiro atoms. The highest BCUT2D eigenvalue weighted by Crippen LogP contribution is 2.27. The van der Waals surface area contributed by atoms with Gasteiger partial charge in [0.2, 0.25) is 5.13 Å². The lowest BCUT2D eigenvalue weighted by molar-refractivity contribution is 0.101. The van der Waals surface area contributed by atoms with Crippen molar-refractivity contribution >= 4 is 34.1 Å². The molecule has 1 amide bonds. The molecule has 0 aliphatic heterocycles. The van der Waals surface area contributed by atoms with Gasteiger partial charge in [-0.1, -0.05) is 47.7 Å². The lowest BCUT2D eigenvalue weighted by Crippen LogP contribution is -2.11. The van der Waals surface area contributed by atoms with Crippen LogP contribution in [0.3, 0.4) is 0 Å². The van der Waals surface area contributed by atoms with Gasteiger partial charge < -0.3 is 9.26 Å². The molecule has 9 heteroatoms. The zero-order chi connectivity index (χ0) is 19.8. The molecule has 7 nitrogen and oxygen atoms in total. The molecule has 0 radical (unpaired) electrons. The molecule has 0 aliphatic carbocycles. The SMILES string of the molecule is C=CCSc1nnc(NC(=O)c2cc(-c3ccc(OCCCC)cc3)on2)s1. The van der Waals surface area contributed by atoms with Gasteiger partial charge in [-0.15, -0.1) is 16.8 Å². The molecule has 3 rings (SSSR count). The number of rotatable bonds is 10. The van der Waals surface area contributed by atoms with E-state index < -0.39 is 5.91 Å². The van der Waals surface area contributed by atoms with Crippen molar-refractivity contribution in [1.82, 2.24) is 15.4 Å². The Hall–Kier alpha value is -2.65. The first-order valence-electron chi connectivity index (χ1n) is 8.78. The summed E-state index contributed by atoms with van der Waals surface area (Å²) in [5, 5.41) is 14.9. The second-order valence-electron chi connectivity index (χ2n) is 5.73. The number of carbonyl (C=O) groups is 1. The maximum Gasteiger partial charge on any atom is 0.279 e. The maximum absolute atomic E-state index is 12.3. The van der Waals surface area contributed by atoms with Crippen LogP contribution < -0.4 is 10.1 Å². The van der Waals surface area contributed by atoms with Crippen molar-refractivity contribution in [1.29, 1.82) is 0 Å². The van der Waals surface area contributed by atoms with E-state index in [2.05, 4.69) is 34.2 Å². The summed E-state index contributed by atoms with van der Waals surface area (Å²) in [5.41, 5.74) is 0.988. The van der Waals surface area contributed by atoms with E-state index in [4.69, 9.17) is 9.26 Å². The van der Waals surface area contributed by atoms with Gasteiger partial charge in [-0.05, 0) is 30.7 Å². The van der Waals surface area contributed by atoms with E-state index in [1.807, 2.05) is 24.3 Å². The number of hydrogen-bond donors (Lipinski definition) is 1. The molecule has 1 N–H and O–H groups in total. The normalized spacial score (nSPS) is 10.6. The Bertz CT molecular complexity index is 921. The minimum Gasteiger partial charge on any atom is -0.494 e. The lowest BCUT2D eigenvalue weighted by Gasteiger charge is -2.05. The van der Waals surface area contributed by atoms with Crippen LogP contribution in [0, 0.1) is 0 Å². The molecular formula is C19H20N4O3S2. The molecule has 0 aliphatic rings. The number of carbonyl (C=O) groups excluding carboxylic acids is 1. The van der Waals surface area contributed by atoms with Gasteiger partial charge in [0.25, 0.3) is 5.91 Å². The zero-order valence-electron chi connectivity index (χ0n) is 15.4. The summed E-state index contributed by atoms with van der Waals surface area (Å²) in [6, 6.07) is 9.08. The van der Waals surface area contributed by atoms with E-state index >= 15 is 0 Å². The highest BCUT2D eigenvalue weighted by Gasteiger charge is 2.16. The van der Waals surface area contributed by atoms with E-state index in [0.717, 1.165) is 34.2 Å². The third-order valence-electron chi connectivity index (χ3n) is 3.60. The van der Waals surface area contributed by atoms with Gasteiger partial charge in [-0.25, -0.2) is 0 Å². The average molecular weight is 417 g/mol. The van der Waals surface area contributed by atoms with Crippen LogP contribution in [0.25, 0.3) is 11.3 Å². The predicted molar refractivity (Wildman–Crippen MR) is 111 cm³/mol. The number of nitrogens with one attached hydrogen (secondary N) is 1. The minimum atomic E-state index is -0.397. The lowest BCUT2D eigenvalue weighted by atomic mass is 10.1. The number of anilines is 1. The summed E-state index contributed by atoms with van der Waals surface area (Å²) in [7, 11) is 0. The summed E-state index contributed by atoms with van der Waals surface area (Å²) >= 11 is 2.80. The molecule has 0 saturated carbocycles. The Morgan fingerprint density at radius 2 is 2.18 bits per heavy atom. The number of nitrogens with zero attached hydrogens (tertiary/aromatic N) is 3. The molecule has 0 saturated heterocycles. The monoisotopic (exact) mass is 416 g/mol. The van der Waals surface area contributed by atoms with Gasteiger partial charge >= 0.3 is 0 Å². The number of thioether (sulfide) groups is 1. The van der Waals surface area contributed by atoms with Gasteiger partial charge in [0, 0.05) is 17.4 Å². The average Bonchev–Trinajstić information content (AvgIpc) is 3.37. The number of hydrogen-bond acceptors (Lipinski definition) is 8. The van der Waals surface area contributed by atoms with Crippen molar-refractivity contribution in [2.75, 3.05) is 17.7 Å². The topological polar surface area (TPSA) is 90.1 Å². The Kier molecular flexibility index (Phi) is 7.21. The first-order chi connectivity index (χ1) is 13.7. The number of benzene rings is 1. The zero-order valence-corrected chi connectivity index (χ0v) is 17.0. The van der Waals surface area contributed by atoms with Crippen LogP contribution in [0.4, 0.5) is 5.13 Å². The fourth-order valence-corrected chi connectivity index (χ4v) is 3.69. The van der Waals surface area contributed by atoms with Crippen LogP contribution in [0.2, 0.25) is 0 Å². The van der Waals surface area contributed by atoms with Crippen LogP contribution in [-0.4, -0.2) is 33.6 Å². The summed E-state index contributed by atoms with van der Waals surface area (Å²) in [6.45, 7) is 6.48.